The Hall–Kier alpha value is -5.82. The fourth-order valence-electron chi connectivity index (χ4n) is 8.57. The van der Waals surface area contributed by atoms with Crippen LogP contribution >= 0.6 is 11.3 Å². The number of para-hydroxylation sites is 1. The summed E-state index contributed by atoms with van der Waals surface area (Å²) in [7, 11) is 0. The molecule has 1 aliphatic heterocycles. The molecule has 0 spiro atoms. The van der Waals surface area contributed by atoms with E-state index in [1.54, 1.807) is 0 Å². The van der Waals surface area contributed by atoms with E-state index in [2.05, 4.69) is 180 Å². The first-order valence-electron chi connectivity index (χ1n) is 17.3. The van der Waals surface area contributed by atoms with Crippen molar-refractivity contribution in [1.82, 2.24) is 14.5 Å². The summed E-state index contributed by atoms with van der Waals surface area (Å²) in [4.78, 5) is 11.5. The average molecular weight is 728 g/mol. The van der Waals surface area contributed by atoms with Gasteiger partial charge in [0, 0.05) is 0 Å². The van der Waals surface area contributed by atoms with E-state index in [0.29, 0.717) is 5.95 Å². The van der Waals surface area contributed by atoms with Gasteiger partial charge in [-0.2, -0.15) is 0 Å². The van der Waals surface area contributed by atoms with Gasteiger partial charge in [0.15, 0.2) is 0 Å². The van der Waals surface area contributed by atoms with Gasteiger partial charge in [-0.05, 0) is 0 Å². The molecule has 3 aromatic heterocycles. The van der Waals surface area contributed by atoms with Gasteiger partial charge in [-0.25, -0.2) is 0 Å². The second-order valence-corrected chi connectivity index (χ2v) is 22.1. The van der Waals surface area contributed by atoms with Crippen LogP contribution in [-0.4, -0.2) is 27.8 Å². The summed E-state index contributed by atoms with van der Waals surface area (Å²) in [6.07, 6.45) is 0. The third-order valence-corrected chi connectivity index (χ3v) is 21.7. The predicted octanol–water partition coefficient (Wildman–Crippen LogP) is 8.97. The number of hydrogen-bond acceptors (Lipinski definition) is 3. The summed E-state index contributed by atoms with van der Waals surface area (Å²) in [5.41, 5.74) is 6.73. The van der Waals surface area contributed by atoms with Gasteiger partial charge in [0.2, 0.25) is 0 Å². The number of benzene rings is 7. The van der Waals surface area contributed by atoms with Crippen LogP contribution in [0.25, 0.3) is 70.3 Å². The zero-order chi connectivity index (χ0) is 33.5. The van der Waals surface area contributed by atoms with Crippen LogP contribution in [0.4, 0.5) is 0 Å². The van der Waals surface area contributed by atoms with Crippen molar-refractivity contribution in [2.45, 2.75) is 0 Å². The summed E-state index contributed by atoms with van der Waals surface area (Å²) in [6.45, 7) is 0. The topological polar surface area (TPSA) is 30.7 Å². The summed E-state index contributed by atoms with van der Waals surface area (Å²) in [5.74, 6) is 0.715. The summed E-state index contributed by atoms with van der Waals surface area (Å²) in [5, 5.41) is 4.98. The number of rotatable bonds is 4. The van der Waals surface area contributed by atoms with Crippen LogP contribution in [-0.2, 0) is 0 Å². The zero-order valence-corrected chi connectivity index (χ0v) is 30.4. The van der Waals surface area contributed by atoms with E-state index in [-0.39, 0.29) is 0 Å². The van der Waals surface area contributed by atoms with Crippen molar-refractivity contribution in [1.29, 1.82) is 0 Å². The van der Waals surface area contributed by atoms with E-state index < -0.39 is 13.3 Å². The molecule has 0 unspecified atom stereocenters. The predicted molar refractivity (Wildman–Crippen MR) is 217 cm³/mol. The Morgan fingerprint density at radius 3 is 1.86 bits per heavy atom. The SMILES string of the molecule is c1ccc(-c2nc(-n3c4ccccc4c4cc5sc6ccccc6c5cc43)n[c]3c2-c2cccc[c]2[Ge]3([c]2ccccc2)[c]2ccccc2)cc1. The molecule has 10 aromatic rings. The summed E-state index contributed by atoms with van der Waals surface area (Å²) in [6, 6.07) is 64.3. The van der Waals surface area contributed by atoms with E-state index in [9.17, 15) is 0 Å². The van der Waals surface area contributed by atoms with E-state index in [1.807, 2.05) is 11.3 Å². The van der Waals surface area contributed by atoms with Crippen molar-refractivity contribution in [3.63, 3.8) is 0 Å². The van der Waals surface area contributed by atoms with Crippen molar-refractivity contribution < 1.29 is 0 Å². The summed E-state index contributed by atoms with van der Waals surface area (Å²) < 4.78 is 10.3. The van der Waals surface area contributed by atoms with Gasteiger partial charge in [0.1, 0.15) is 0 Å². The Bertz CT molecular complexity index is 2930. The van der Waals surface area contributed by atoms with Crippen LogP contribution in [0.15, 0.2) is 176 Å². The minimum atomic E-state index is -3.68. The van der Waals surface area contributed by atoms with Crippen molar-refractivity contribution in [3.05, 3.63) is 176 Å². The Balaban J connectivity index is 1.33. The monoisotopic (exact) mass is 729 g/mol. The second-order valence-electron chi connectivity index (χ2n) is 13.3. The molecule has 0 fully saturated rings. The van der Waals surface area contributed by atoms with Crippen LogP contribution in [0.3, 0.4) is 0 Å². The molecule has 0 saturated heterocycles. The Morgan fingerprint density at radius 1 is 0.471 bits per heavy atom. The van der Waals surface area contributed by atoms with E-state index in [1.165, 1.54) is 59.8 Å². The van der Waals surface area contributed by atoms with Crippen LogP contribution in [0.5, 0.6) is 0 Å². The molecule has 11 rings (SSSR count). The maximum absolute atomic E-state index is 5.87. The fraction of sp³-hybridized carbons (Fsp3) is 0. The molecule has 51 heavy (non-hydrogen) atoms. The molecule has 0 amide bonds. The Morgan fingerprint density at radius 2 is 1.10 bits per heavy atom. The number of hydrogen-bond donors (Lipinski definition) is 0. The van der Waals surface area contributed by atoms with Gasteiger partial charge in [0.25, 0.3) is 0 Å². The van der Waals surface area contributed by atoms with E-state index in [0.717, 1.165) is 22.3 Å². The molecule has 0 aliphatic carbocycles. The van der Waals surface area contributed by atoms with Gasteiger partial charge < -0.3 is 0 Å². The van der Waals surface area contributed by atoms with Crippen LogP contribution in [0, 0.1) is 0 Å². The molecule has 5 heteroatoms. The van der Waals surface area contributed by atoms with Gasteiger partial charge in [-0.3, -0.25) is 0 Å². The van der Waals surface area contributed by atoms with Gasteiger partial charge in [-0.1, -0.05) is 0 Å². The standard InChI is InChI=1S/C46H29GeN3S/c1-4-16-30(17-5-1)44-43-35-24-10-13-25-38(35)47(31-18-6-2-7-19-31,32-20-8-3-9-21-32)45(43)49-46(48-44)50-39-26-14-11-22-33(39)36-29-42-37(28-40(36)50)34-23-12-15-27-41(34)51-42/h1-29H. The summed E-state index contributed by atoms with van der Waals surface area (Å²) >= 11 is -1.82. The number of aromatic nitrogens is 3. The molecule has 238 valence electrons. The number of thiophene rings is 1. The van der Waals surface area contributed by atoms with Gasteiger partial charge in [0.05, 0.1) is 0 Å². The molecular formula is C46H29GeN3S. The molecule has 7 aromatic carbocycles. The molecule has 0 bridgehead atoms. The van der Waals surface area contributed by atoms with E-state index >= 15 is 0 Å². The van der Waals surface area contributed by atoms with Crippen LogP contribution in [0.1, 0.15) is 0 Å². The number of fused-ring (bicyclic) bond motifs is 9. The van der Waals surface area contributed by atoms with Crippen LogP contribution < -0.4 is 17.7 Å². The third-order valence-electron chi connectivity index (χ3n) is 10.7. The quantitative estimate of drug-likeness (QED) is 0.170. The minimum absolute atomic E-state index is 0.715. The molecule has 0 radical (unpaired) electrons. The Kier molecular flexibility index (Phi) is 6.30. The zero-order valence-electron chi connectivity index (χ0n) is 27.5. The molecule has 0 saturated carbocycles. The second kappa shape index (κ2) is 11.1. The first-order valence-corrected chi connectivity index (χ1v) is 22.4. The molecular weight excluding hydrogens is 699 g/mol. The van der Waals surface area contributed by atoms with Gasteiger partial charge >= 0.3 is 303 Å². The molecule has 0 N–H and O–H groups in total. The first-order chi connectivity index (χ1) is 25.3. The molecule has 3 nitrogen and oxygen atoms in total. The van der Waals surface area contributed by atoms with E-state index in [4.69, 9.17) is 9.97 Å². The van der Waals surface area contributed by atoms with Crippen molar-refractivity contribution in [3.8, 4) is 28.3 Å². The average Bonchev–Trinajstić information content (AvgIpc) is 3.83. The molecule has 0 atom stereocenters. The number of nitrogens with zero attached hydrogens (tertiary/aromatic N) is 3. The van der Waals surface area contributed by atoms with Crippen molar-refractivity contribution in [2.24, 2.45) is 0 Å². The van der Waals surface area contributed by atoms with Crippen molar-refractivity contribution >= 4 is 84.3 Å². The van der Waals surface area contributed by atoms with Crippen LogP contribution in [0.2, 0.25) is 0 Å². The maximum atomic E-state index is 5.87. The first kappa shape index (κ1) is 29.0. The Labute approximate surface area is 301 Å². The van der Waals surface area contributed by atoms with Crippen molar-refractivity contribution in [2.75, 3.05) is 0 Å². The molecule has 1 aliphatic rings. The fourth-order valence-corrected chi connectivity index (χ4v) is 20.2. The van der Waals surface area contributed by atoms with Gasteiger partial charge in [-0.15, -0.1) is 0 Å². The molecule has 4 heterocycles. The normalized spacial score (nSPS) is 13.3. The third kappa shape index (κ3) is 4.06.